The van der Waals surface area contributed by atoms with Crippen molar-refractivity contribution in [1.29, 1.82) is 0 Å². The van der Waals surface area contributed by atoms with Crippen LogP contribution in [0.15, 0.2) is 0 Å². The molecule has 2 unspecified atom stereocenters. The first-order valence-corrected chi connectivity index (χ1v) is 3.81. The molecule has 0 amide bonds. The van der Waals surface area contributed by atoms with Gasteiger partial charge in [0.05, 0.1) is 0 Å². The van der Waals surface area contributed by atoms with Crippen molar-refractivity contribution in [2.45, 2.75) is 6.42 Å². The van der Waals surface area contributed by atoms with Gasteiger partial charge < -0.3 is 10.6 Å². The molecule has 55 valence electrons. The third kappa shape index (κ3) is 1.79. The van der Waals surface area contributed by atoms with E-state index < -0.39 is 0 Å². The van der Waals surface area contributed by atoms with E-state index in [1.165, 1.54) is 19.5 Å². The van der Waals surface area contributed by atoms with Gasteiger partial charge in [-0.15, -0.1) is 13.1 Å². The summed E-state index contributed by atoms with van der Waals surface area (Å²) in [6, 6.07) is 0. The van der Waals surface area contributed by atoms with Crippen molar-refractivity contribution in [3.05, 3.63) is 5.32 Å². The van der Waals surface area contributed by atoms with Crippen LogP contribution in [-0.2, 0) is 32.7 Å². The monoisotopic (exact) mass is 214 g/mol. The Morgan fingerprint density at radius 1 is 1.20 bits per heavy atom. The minimum absolute atomic E-state index is 0. The van der Waals surface area contributed by atoms with Crippen LogP contribution in [0.4, 0.5) is 0 Å². The molecule has 2 nitrogen and oxygen atoms in total. The Kier molecular flexibility index (Phi) is 3.78. The molecular formula is C7H13N2Y-. The molecule has 2 atom stereocenters. The molecule has 0 spiro atoms. The molecule has 0 aromatic rings. The zero-order valence-electron chi connectivity index (χ0n) is 6.21. The van der Waals surface area contributed by atoms with E-state index in [0.717, 1.165) is 24.9 Å². The summed E-state index contributed by atoms with van der Waals surface area (Å²) in [5, 5.41) is 7.78. The Hall–Kier alpha value is 1.02. The fourth-order valence-corrected chi connectivity index (χ4v) is 1.84. The standard InChI is InChI=1S/C7H13N2.Y/c1-2-8-4-7-5-9-3-6(1)7;/h6-8H,1-5H2;/q-1;. The minimum atomic E-state index is 0. The van der Waals surface area contributed by atoms with Gasteiger partial charge in [-0.1, -0.05) is 5.92 Å². The van der Waals surface area contributed by atoms with Crippen molar-refractivity contribution < 1.29 is 32.7 Å². The first-order chi connectivity index (χ1) is 4.47. The average molecular weight is 214 g/mol. The van der Waals surface area contributed by atoms with E-state index in [2.05, 4.69) is 10.6 Å². The van der Waals surface area contributed by atoms with Gasteiger partial charge in [-0.2, -0.15) is 0 Å². The van der Waals surface area contributed by atoms with Gasteiger partial charge in [-0.05, 0) is 25.4 Å². The third-order valence-corrected chi connectivity index (χ3v) is 2.49. The molecule has 2 saturated heterocycles. The summed E-state index contributed by atoms with van der Waals surface area (Å²) in [4.78, 5) is 0. The van der Waals surface area contributed by atoms with Crippen molar-refractivity contribution in [1.82, 2.24) is 5.32 Å². The Morgan fingerprint density at radius 3 is 2.80 bits per heavy atom. The van der Waals surface area contributed by atoms with Crippen LogP contribution in [0, 0.1) is 11.8 Å². The molecule has 0 aromatic heterocycles. The Bertz CT molecular complexity index is 95.8. The van der Waals surface area contributed by atoms with Gasteiger partial charge in [0.15, 0.2) is 0 Å². The largest absolute Gasteiger partial charge is 0.662 e. The summed E-state index contributed by atoms with van der Waals surface area (Å²) in [6.07, 6.45) is 1.36. The van der Waals surface area contributed by atoms with Crippen molar-refractivity contribution >= 4 is 0 Å². The molecule has 1 N–H and O–H groups in total. The van der Waals surface area contributed by atoms with Gasteiger partial charge in [0, 0.05) is 32.7 Å². The van der Waals surface area contributed by atoms with Gasteiger partial charge in [0.1, 0.15) is 0 Å². The normalized spacial score (nSPS) is 38.4. The molecule has 2 aliphatic rings. The van der Waals surface area contributed by atoms with Crippen LogP contribution in [0.25, 0.3) is 5.32 Å². The molecule has 2 aliphatic heterocycles. The van der Waals surface area contributed by atoms with Crippen molar-refractivity contribution in [2.75, 3.05) is 26.2 Å². The number of nitrogens with one attached hydrogen (secondary N) is 1. The predicted molar refractivity (Wildman–Crippen MR) is 37.6 cm³/mol. The van der Waals surface area contributed by atoms with Crippen LogP contribution in [0.5, 0.6) is 0 Å². The van der Waals surface area contributed by atoms with E-state index >= 15 is 0 Å². The van der Waals surface area contributed by atoms with E-state index in [-0.39, 0.29) is 32.7 Å². The number of nitrogens with zero attached hydrogens (tertiary/aromatic N) is 1. The fraction of sp³-hybridized carbons (Fsp3) is 1.00. The quantitative estimate of drug-likeness (QED) is 0.627. The summed E-state index contributed by atoms with van der Waals surface area (Å²) in [5.74, 6) is 1.82. The molecule has 3 heteroatoms. The Morgan fingerprint density at radius 2 is 2.00 bits per heavy atom. The number of hydrogen-bond acceptors (Lipinski definition) is 1. The number of fused-ring (bicyclic) bond motifs is 1. The molecule has 0 aromatic carbocycles. The fourth-order valence-electron chi connectivity index (χ4n) is 1.84. The third-order valence-electron chi connectivity index (χ3n) is 2.49. The second kappa shape index (κ2) is 4.15. The van der Waals surface area contributed by atoms with Crippen LogP contribution < -0.4 is 5.32 Å². The molecule has 1 radical (unpaired) electrons. The van der Waals surface area contributed by atoms with E-state index in [4.69, 9.17) is 0 Å². The van der Waals surface area contributed by atoms with E-state index in [9.17, 15) is 0 Å². The summed E-state index contributed by atoms with van der Waals surface area (Å²) in [6.45, 7) is 4.70. The molecule has 10 heavy (non-hydrogen) atoms. The van der Waals surface area contributed by atoms with E-state index in [1.54, 1.807) is 0 Å². The van der Waals surface area contributed by atoms with Gasteiger partial charge >= 0.3 is 0 Å². The second-order valence-corrected chi connectivity index (χ2v) is 3.10. The smallest absolute Gasteiger partial charge is 0 e. The van der Waals surface area contributed by atoms with Gasteiger partial charge in [-0.25, -0.2) is 0 Å². The van der Waals surface area contributed by atoms with E-state index in [1.807, 2.05) is 0 Å². The summed E-state index contributed by atoms with van der Waals surface area (Å²) in [5.41, 5.74) is 0. The number of rotatable bonds is 0. The summed E-state index contributed by atoms with van der Waals surface area (Å²) < 4.78 is 0. The predicted octanol–water partition coefficient (Wildman–Crippen LogP) is 0.597. The molecule has 0 saturated carbocycles. The molecular weight excluding hydrogens is 201 g/mol. The van der Waals surface area contributed by atoms with Crippen molar-refractivity contribution in [2.24, 2.45) is 11.8 Å². The molecule has 0 aliphatic carbocycles. The Balaban J connectivity index is 0.000000500. The molecule has 2 rings (SSSR count). The maximum atomic E-state index is 4.39. The van der Waals surface area contributed by atoms with Crippen LogP contribution in [0.3, 0.4) is 0 Å². The molecule has 2 fully saturated rings. The van der Waals surface area contributed by atoms with Gasteiger partial charge in [0.25, 0.3) is 0 Å². The van der Waals surface area contributed by atoms with Crippen LogP contribution in [0.2, 0.25) is 0 Å². The minimum Gasteiger partial charge on any atom is -0.662 e. The van der Waals surface area contributed by atoms with Gasteiger partial charge in [0.2, 0.25) is 0 Å². The second-order valence-electron chi connectivity index (χ2n) is 3.10. The number of hydrogen-bond donors (Lipinski definition) is 1. The van der Waals surface area contributed by atoms with Gasteiger partial charge in [-0.3, -0.25) is 0 Å². The van der Waals surface area contributed by atoms with Crippen LogP contribution in [0.1, 0.15) is 6.42 Å². The first-order valence-electron chi connectivity index (χ1n) is 3.81. The van der Waals surface area contributed by atoms with Crippen LogP contribution in [-0.4, -0.2) is 26.2 Å². The topological polar surface area (TPSA) is 26.1 Å². The number of piperidine rings is 1. The maximum absolute atomic E-state index is 4.39. The summed E-state index contributed by atoms with van der Waals surface area (Å²) >= 11 is 0. The van der Waals surface area contributed by atoms with Crippen LogP contribution >= 0.6 is 0 Å². The Labute approximate surface area is 87.4 Å². The maximum Gasteiger partial charge on any atom is 0 e. The van der Waals surface area contributed by atoms with Crippen molar-refractivity contribution in [3.8, 4) is 0 Å². The zero-order valence-corrected chi connectivity index (χ0v) is 9.05. The van der Waals surface area contributed by atoms with Crippen molar-refractivity contribution in [3.63, 3.8) is 0 Å². The zero-order chi connectivity index (χ0) is 6.10. The SMILES string of the molecule is C1CC2C[N-]CC2CN1.[Y]. The molecule has 2 heterocycles. The van der Waals surface area contributed by atoms with E-state index in [0.29, 0.717) is 0 Å². The average Bonchev–Trinajstić information content (AvgIpc) is 2.33. The first kappa shape index (κ1) is 9.11. The summed E-state index contributed by atoms with van der Waals surface area (Å²) in [7, 11) is 0. The molecule has 0 bridgehead atoms.